The van der Waals surface area contributed by atoms with Crippen LogP contribution >= 0.6 is 27.3 Å². The quantitative estimate of drug-likeness (QED) is 0.775. The minimum absolute atomic E-state index is 0.00133. The highest BCUT2D eigenvalue weighted by Crippen LogP contribution is 2.23. The lowest BCUT2D eigenvalue weighted by Gasteiger charge is -2.16. The number of alkyl halides is 2. The van der Waals surface area contributed by atoms with Crippen molar-refractivity contribution in [1.82, 2.24) is 4.90 Å². The van der Waals surface area contributed by atoms with Crippen molar-refractivity contribution in [2.75, 3.05) is 18.9 Å². The molecule has 0 aliphatic rings. The normalized spacial score (nSPS) is 10.5. The molecular weight excluding hydrogens is 406 g/mol. The van der Waals surface area contributed by atoms with Gasteiger partial charge in [0.25, 0.3) is 5.91 Å². The van der Waals surface area contributed by atoms with Gasteiger partial charge in [0, 0.05) is 12.7 Å². The number of amides is 2. The summed E-state index contributed by atoms with van der Waals surface area (Å²) in [5, 5.41) is 2.58. The molecule has 0 saturated heterocycles. The lowest BCUT2D eigenvalue weighted by molar-refractivity contribution is -0.116. The van der Waals surface area contributed by atoms with Crippen molar-refractivity contribution in [3.8, 4) is 5.75 Å². The van der Waals surface area contributed by atoms with E-state index in [1.807, 2.05) is 0 Å². The van der Waals surface area contributed by atoms with Crippen LogP contribution in [0.2, 0.25) is 0 Å². The molecule has 9 heteroatoms. The molecule has 1 N–H and O–H groups in total. The van der Waals surface area contributed by atoms with Crippen LogP contribution in [0.25, 0.3) is 0 Å². The molecule has 0 aliphatic heterocycles. The Kier molecular flexibility index (Phi) is 6.27. The van der Waals surface area contributed by atoms with E-state index in [1.54, 1.807) is 12.1 Å². The van der Waals surface area contributed by atoms with Crippen molar-refractivity contribution >= 4 is 44.8 Å². The summed E-state index contributed by atoms with van der Waals surface area (Å²) in [6.45, 7) is -3.04. The third-order valence-corrected chi connectivity index (χ3v) is 4.49. The standard InChI is InChI=1S/C15H13BrF2N2O3S/c1-20(14(22)11-6-7-12(16)24-11)8-13(21)19-9-2-4-10(5-3-9)23-15(17)18/h2-7,15H,8H2,1H3,(H,19,21). The molecule has 128 valence electrons. The van der Waals surface area contributed by atoms with Gasteiger partial charge in [0.2, 0.25) is 5.91 Å². The number of rotatable bonds is 6. The second-order valence-corrected chi connectivity index (χ2v) is 7.18. The molecule has 2 amide bonds. The van der Waals surface area contributed by atoms with Gasteiger partial charge in [-0.15, -0.1) is 11.3 Å². The molecule has 2 rings (SSSR count). The highest BCUT2D eigenvalue weighted by atomic mass is 79.9. The smallest absolute Gasteiger partial charge is 0.387 e. The lowest BCUT2D eigenvalue weighted by atomic mass is 10.3. The molecule has 1 heterocycles. The van der Waals surface area contributed by atoms with Crippen LogP contribution in [-0.4, -0.2) is 36.9 Å². The highest BCUT2D eigenvalue weighted by Gasteiger charge is 2.16. The third kappa shape index (κ3) is 5.27. The fraction of sp³-hybridized carbons (Fsp3) is 0.200. The van der Waals surface area contributed by atoms with Crippen LogP contribution in [0.4, 0.5) is 14.5 Å². The Hall–Kier alpha value is -2.00. The summed E-state index contributed by atoms with van der Waals surface area (Å²) in [6, 6.07) is 8.95. The molecule has 0 bridgehead atoms. The molecule has 0 spiro atoms. The average molecular weight is 419 g/mol. The van der Waals surface area contributed by atoms with Crippen LogP contribution in [0.1, 0.15) is 9.67 Å². The number of carbonyl (C=O) groups excluding carboxylic acids is 2. The molecule has 24 heavy (non-hydrogen) atoms. The second-order valence-electron chi connectivity index (χ2n) is 4.72. The Morgan fingerprint density at radius 3 is 2.46 bits per heavy atom. The van der Waals surface area contributed by atoms with Crippen LogP contribution in [0.5, 0.6) is 5.75 Å². The van der Waals surface area contributed by atoms with Crippen LogP contribution in [0.15, 0.2) is 40.2 Å². The molecular formula is C15H13BrF2N2O3S. The summed E-state index contributed by atoms with van der Waals surface area (Å²) in [4.78, 5) is 25.9. The van der Waals surface area contributed by atoms with Crippen LogP contribution in [-0.2, 0) is 4.79 Å². The van der Waals surface area contributed by atoms with Crippen molar-refractivity contribution in [1.29, 1.82) is 0 Å². The largest absolute Gasteiger partial charge is 0.435 e. The number of nitrogens with zero attached hydrogens (tertiary/aromatic N) is 1. The van der Waals surface area contributed by atoms with Gasteiger partial charge in [0.05, 0.1) is 15.2 Å². The van der Waals surface area contributed by atoms with Gasteiger partial charge in [-0.05, 0) is 52.3 Å². The van der Waals surface area contributed by atoms with E-state index in [0.29, 0.717) is 10.6 Å². The van der Waals surface area contributed by atoms with Gasteiger partial charge in [-0.25, -0.2) is 0 Å². The van der Waals surface area contributed by atoms with E-state index in [1.165, 1.54) is 47.5 Å². The number of halogens is 3. The van der Waals surface area contributed by atoms with Crippen molar-refractivity contribution in [2.45, 2.75) is 6.61 Å². The predicted octanol–water partition coefficient (Wildman–Crippen LogP) is 3.82. The highest BCUT2D eigenvalue weighted by molar-refractivity contribution is 9.11. The molecule has 0 fully saturated rings. The summed E-state index contributed by atoms with van der Waals surface area (Å²) in [6.07, 6.45) is 0. The van der Waals surface area contributed by atoms with Gasteiger partial charge in [-0.1, -0.05) is 0 Å². The van der Waals surface area contributed by atoms with Crippen molar-refractivity contribution in [3.63, 3.8) is 0 Å². The van der Waals surface area contributed by atoms with Gasteiger partial charge >= 0.3 is 6.61 Å². The Morgan fingerprint density at radius 2 is 1.92 bits per heavy atom. The van der Waals surface area contributed by atoms with Crippen LogP contribution in [0.3, 0.4) is 0 Å². The molecule has 0 aliphatic carbocycles. The number of anilines is 1. The van der Waals surface area contributed by atoms with Gasteiger partial charge in [0.15, 0.2) is 0 Å². The number of ether oxygens (including phenoxy) is 1. The summed E-state index contributed by atoms with van der Waals surface area (Å²) in [5.74, 6) is -0.663. The fourth-order valence-electron chi connectivity index (χ4n) is 1.82. The van der Waals surface area contributed by atoms with Crippen LogP contribution < -0.4 is 10.1 Å². The van der Waals surface area contributed by atoms with Gasteiger partial charge in [0.1, 0.15) is 5.75 Å². The minimum Gasteiger partial charge on any atom is -0.435 e. The summed E-state index contributed by atoms with van der Waals surface area (Å²) in [5.41, 5.74) is 0.418. The van der Waals surface area contributed by atoms with Crippen molar-refractivity contribution in [2.24, 2.45) is 0 Å². The first-order valence-electron chi connectivity index (χ1n) is 6.70. The molecule has 5 nitrogen and oxygen atoms in total. The van der Waals surface area contributed by atoms with Crippen molar-refractivity contribution < 1.29 is 23.1 Å². The zero-order chi connectivity index (χ0) is 17.7. The van der Waals surface area contributed by atoms with E-state index >= 15 is 0 Å². The molecule has 2 aromatic rings. The fourth-order valence-corrected chi connectivity index (χ4v) is 3.21. The van der Waals surface area contributed by atoms with E-state index in [2.05, 4.69) is 26.0 Å². The van der Waals surface area contributed by atoms with E-state index in [-0.39, 0.29) is 18.2 Å². The Balaban J connectivity index is 1.89. The first-order chi connectivity index (χ1) is 11.3. The Morgan fingerprint density at radius 1 is 1.25 bits per heavy atom. The van der Waals surface area contributed by atoms with E-state index in [0.717, 1.165) is 3.79 Å². The number of carbonyl (C=O) groups is 2. The number of likely N-dealkylation sites (N-methyl/N-ethyl adjacent to an activating group) is 1. The summed E-state index contributed by atoms with van der Waals surface area (Å²) >= 11 is 4.56. The molecule has 0 atom stereocenters. The Labute approximate surface area is 149 Å². The van der Waals surface area contributed by atoms with E-state index in [9.17, 15) is 18.4 Å². The summed E-state index contributed by atoms with van der Waals surface area (Å²) in [7, 11) is 1.52. The first-order valence-corrected chi connectivity index (χ1v) is 8.31. The molecule has 1 aromatic heterocycles. The van der Waals surface area contributed by atoms with Crippen molar-refractivity contribution in [3.05, 3.63) is 45.1 Å². The number of hydrogen-bond acceptors (Lipinski definition) is 4. The number of benzene rings is 1. The third-order valence-electron chi connectivity index (χ3n) is 2.87. The molecule has 0 radical (unpaired) electrons. The van der Waals surface area contributed by atoms with Crippen LogP contribution in [0, 0.1) is 0 Å². The van der Waals surface area contributed by atoms with Gasteiger partial charge < -0.3 is 15.0 Å². The molecule has 0 saturated carbocycles. The number of nitrogens with one attached hydrogen (secondary N) is 1. The first kappa shape index (κ1) is 18.3. The average Bonchev–Trinajstić information content (AvgIpc) is 2.94. The van der Waals surface area contributed by atoms with Gasteiger partial charge in [-0.2, -0.15) is 8.78 Å². The zero-order valence-corrected chi connectivity index (χ0v) is 14.9. The molecule has 0 unspecified atom stereocenters. The monoisotopic (exact) mass is 418 g/mol. The SMILES string of the molecule is CN(CC(=O)Nc1ccc(OC(F)F)cc1)C(=O)c1ccc(Br)s1. The zero-order valence-electron chi connectivity index (χ0n) is 12.5. The maximum atomic E-state index is 12.1. The lowest BCUT2D eigenvalue weighted by Crippen LogP contribution is -2.34. The predicted molar refractivity (Wildman–Crippen MR) is 90.7 cm³/mol. The second kappa shape index (κ2) is 8.20. The Bertz CT molecular complexity index is 722. The van der Waals surface area contributed by atoms with Gasteiger partial charge in [-0.3, -0.25) is 9.59 Å². The number of hydrogen-bond donors (Lipinski definition) is 1. The minimum atomic E-state index is -2.90. The maximum Gasteiger partial charge on any atom is 0.387 e. The summed E-state index contributed by atoms with van der Waals surface area (Å²) < 4.78 is 29.2. The molecule has 1 aromatic carbocycles. The number of thiophene rings is 1. The maximum absolute atomic E-state index is 12.1. The topological polar surface area (TPSA) is 58.6 Å². The van der Waals surface area contributed by atoms with E-state index in [4.69, 9.17) is 0 Å². The van der Waals surface area contributed by atoms with E-state index < -0.39 is 12.5 Å².